The van der Waals surface area contributed by atoms with Crippen LogP contribution in [-0.2, 0) is 11.3 Å². The van der Waals surface area contributed by atoms with Gasteiger partial charge >= 0.3 is 6.09 Å². The summed E-state index contributed by atoms with van der Waals surface area (Å²) in [6, 6.07) is 5.15. The number of amides is 1. The second-order valence-corrected chi connectivity index (χ2v) is 10.00. The Labute approximate surface area is 187 Å². The lowest BCUT2D eigenvalue weighted by atomic mass is 9.99. The minimum Gasteiger partial charge on any atom is -0.446 e. The molecule has 164 valence electrons. The van der Waals surface area contributed by atoms with E-state index in [0.29, 0.717) is 25.2 Å². The molecule has 2 bridgehead atoms. The van der Waals surface area contributed by atoms with E-state index in [2.05, 4.69) is 16.3 Å². The third-order valence-electron chi connectivity index (χ3n) is 6.39. The fraction of sp³-hybridized carbons (Fsp3) is 0.609. The molecule has 0 aliphatic carbocycles. The molecular weight excluding hydrogens is 416 g/mol. The van der Waals surface area contributed by atoms with E-state index in [9.17, 15) is 4.79 Å². The van der Waals surface area contributed by atoms with E-state index in [4.69, 9.17) is 9.84 Å². The second kappa shape index (κ2) is 10.8. The van der Waals surface area contributed by atoms with Crippen molar-refractivity contribution in [2.24, 2.45) is 0 Å². The topological polar surface area (TPSA) is 53.0 Å². The molecule has 3 atom stereocenters. The lowest BCUT2D eigenvalue weighted by molar-refractivity contribution is 0.0199. The van der Waals surface area contributed by atoms with Gasteiger partial charge in [-0.2, -0.15) is 22.7 Å². The van der Waals surface area contributed by atoms with Gasteiger partial charge in [0.15, 0.2) is 0 Å². The number of rotatable bonds is 10. The number of piperidine rings is 1. The van der Waals surface area contributed by atoms with E-state index in [1.165, 1.54) is 25.7 Å². The number of unbranched alkanes of at least 4 members (excludes halogenated alkanes) is 3. The summed E-state index contributed by atoms with van der Waals surface area (Å²) in [6.45, 7) is 2.00. The van der Waals surface area contributed by atoms with Gasteiger partial charge in [-0.3, -0.25) is 9.80 Å². The molecule has 4 rings (SSSR count). The molecule has 0 radical (unpaired) electrons. The molecule has 2 aromatic heterocycles. The highest BCUT2D eigenvalue weighted by molar-refractivity contribution is 7.08. The number of hydrogen-bond acceptors (Lipinski definition) is 6. The largest absolute Gasteiger partial charge is 0.446 e. The Morgan fingerprint density at radius 2 is 1.80 bits per heavy atom. The van der Waals surface area contributed by atoms with Crippen LogP contribution in [0.5, 0.6) is 0 Å². The predicted molar refractivity (Wildman–Crippen MR) is 123 cm³/mol. The van der Waals surface area contributed by atoms with Crippen molar-refractivity contribution in [2.45, 2.75) is 76.1 Å². The van der Waals surface area contributed by atoms with Crippen molar-refractivity contribution in [3.05, 3.63) is 39.2 Å². The highest BCUT2D eigenvalue weighted by Gasteiger charge is 2.42. The first-order valence-electron chi connectivity index (χ1n) is 11.1. The van der Waals surface area contributed by atoms with Crippen molar-refractivity contribution in [1.82, 2.24) is 4.90 Å². The Balaban J connectivity index is 1.31. The van der Waals surface area contributed by atoms with Crippen molar-refractivity contribution >= 4 is 34.5 Å². The number of hydrogen-bond donors (Lipinski definition) is 1. The van der Waals surface area contributed by atoms with E-state index >= 15 is 0 Å². The zero-order valence-corrected chi connectivity index (χ0v) is 19.1. The van der Waals surface area contributed by atoms with Crippen LogP contribution in [0.15, 0.2) is 33.7 Å². The van der Waals surface area contributed by atoms with Crippen molar-refractivity contribution in [1.29, 1.82) is 0 Å². The van der Waals surface area contributed by atoms with Crippen molar-refractivity contribution in [3.8, 4) is 0 Å². The molecule has 7 heteroatoms. The molecular formula is C23H32N2O3S2. The number of thiophene rings is 2. The average Bonchev–Trinajstić information content (AvgIpc) is 3.48. The summed E-state index contributed by atoms with van der Waals surface area (Å²) in [5.74, 6) is 0. The van der Waals surface area contributed by atoms with Crippen LogP contribution in [0.1, 0.15) is 56.9 Å². The number of ether oxygens (including phenoxy) is 1. The normalized spacial score (nSPS) is 23.6. The molecule has 0 saturated carbocycles. The molecule has 0 aromatic carbocycles. The summed E-state index contributed by atoms with van der Waals surface area (Å²) in [6.07, 6.45) is 8.56. The third-order valence-corrected chi connectivity index (χ3v) is 7.79. The smallest absolute Gasteiger partial charge is 0.414 e. The first-order chi connectivity index (χ1) is 14.7. The van der Waals surface area contributed by atoms with Crippen molar-refractivity contribution < 1.29 is 14.6 Å². The Morgan fingerprint density at radius 3 is 2.47 bits per heavy atom. The second-order valence-electron chi connectivity index (χ2n) is 8.44. The van der Waals surface area contributed by atoms with E-state index in [1.807, 2.05) is 22.2 Å². The molecule has 2 aliphatic heterocycles. The van der Waals surface area contributed by atoms with Crippen LogP contribution in [0.3, 0.4) is 0 Å². The minimum atomic E-state index is -0.221. The molecule has 4 heterocycles. The van der Waals surface area contributed by atoms with Crippen LogP contribution < -0.4 is 4.90 Å². The van der Waals surface area contributed by atoms with Crippen molar-refractivity contribution in [2.75, 3.05) is 18.1 Å². The predicted octanol–water partition coefficient (Wildman–Crippen LogP) is 5.50. The van der Waals surface area contributed by atoms with Gasteiger partial charge in [-0.05, 0) is 66.1 Å². The van der Waals surface area contributed by atoms with Crippen LogP contribution in [0, 0.1) is 0 Å². The summed E-state index contributed by atoms with van der Waals surface area (Å²) < 4.78 is 6.05. The van der Waals surface area contributed by atoms with Gasteiger partial charge < -0.3 is 9.84 Å². The van der Waals surface area contributed by atoms with Crippen LogP contribution in [0.4, 0.5) is 10.5 Å². The Kier molecular flexibility index (Phi) is 7.82. The van der Waals surface area contributed by atoms with Gasteiger partial charge in [-0.15, -0.1) is 0 Å². The number of fused-ring (bicyclic) bond motifs is 2. The van der Waals surface area contributed by atoms with Gasteiger partial charge in [0.05, 0.1) is 12.2 Å². The molecule has 2 fully saturated rings. The fourth-order valence-electron chi connectivity index (χ4n) is 4.89. The summed E-state index contributed by atoms with van der Waals surface area (Å²) in [7, 11) is 0. The summed E-state index contributed by atoms with van der Waals surface area (Å²) in [5.41, 5.74) is 2.05. The number of aliphatic hydroxyl groups excluding tert-OH is 1. The zero-order valence-electron chi connectivity index (χ0n) is 17.4. The molecule has 1 unspecified atom stereocenters. The summed E-state index contributed by atoms with van der Waals surface area (Å²) in [5, 5.41) is 17.1. The van der Waals surface area contributed by atoms with Gasteiger partial charge in [0.1, 0.15) is 6.10 Å². The standard InChI is InChI=1S/C23H32N2O3S2/c26-10-4-2-1-3-9-24-19-5-6-20(24)14-22(13-19)28-23(27)25(21-8-12-30-17-21)15-18-7-11-29-16-18/h7-8,11-12,16-17,19-20,22,26H,1-6,9-10,13-15H2/t19-,20+,22?. The Hall–Kier alpha value is -1.41. The first-order valence-corrected chi connectivity index (χ1v) is 13.0. The number of carbonyl (C=O) groups excluding carboxylic acids is 1. The highest BCUT2D eigenvalue weighted by atomic mass is 32.1. The number of aliphatic hydroxyl groups is 1. The molecule has 2 aliphatic rings. The molecule has 2 aromatic rings. The molecule has 1 N–H and O–H groups in total. The van der Waals surface area contributed by atoms with Crippen LogP contribution in [0.2, 0.25) is 0 Å². The number of anilines is 1. The highest BCUT2D eigenvalue weighted by Crippen LogP contribution is 2.37. The number of carbonyl (C=O) groups is 1. The minimum absolute atomic E-state index is 0.0178. The SMILES string of the molecule is O=C(OC1C[C@H]2CC[C@@H](C1)N2CCCCCCO)N(Cc1ccsc1)c1ccsc1. The van der Waals surface area contributed by atoms with E-state index in [1.54, 1.807) is 27.6 Å². The first kappa shape index (κ1) is 21.8. The molecule has 0 spiro atoms. The fourth-order valence-corrected chi connectivity index (χ4v) is 6.19. The van der Waals surface area contributed by atoms with Crippen LogP contribution in [-0.4, -0.2) is 47.4 Å². The van der Waals surface area contributed by atoms with Crippen LogP contribution in [0.25, 0.3) is 0 Å². The molecule has 2 saturated heterocycles. The quantitative estimate of drug-likeness (QED) is 0.488. The maximum absolute atomic E-state index is 13.1. The lowest BCUT2D eigenvalue weighted by Gasteiger charge is -2.39. The maximum Gasteiger partial charge on any atom is 0.414 e. The van der Waals surface area contributed by atoms with Crippen LogP contribution >= 0.6 is 22.7 Å². The van der Waals surface area contributed by atoms with Gasteiger partial charge in [0, 0.05) is 36.9 Å². The van der Waals surface area contributed by atoms with Gasteiger partial charge in [0.25, 0.3) is 0 Å². The van der Waals surface area contributed by atoms with E-state index in [0.717, 1.165) is 43.5 Å². The monoisotopic (exact) mass is 448 g/mol. The van der Waals surface area contributed by atoms with Gasteiger partial charge in [-0.1, -0.05) is 12.8 Å². The molecule has 30 heavy (non-hydrogen) atoms. The van der Waals surface area contributed by atoms with E-state index in [-0.39, 0.29) is 12.2 Å². The van der Waals surface area contributed by atoms with Gasteiger partial charge in [-0.25, -0.2) is 4.79 Å². The Morgan fingerprint density at radius 1 is 1.07 bits per heavy atom. The summed E-state index contributed by atoms with van der Waals surface area (Å²) >= 11 is 3.25. The molecule has 1 amide bonds. The zero-order chi connectivity index (χ0) is 20.8. The van der Waals surface area contributed by atoms with Gasteiger partial charge in [0.2, 0.25) is 0 Å². The van der Waals surface area contributed by atoms with Crippen molar-refractivity contribution in [3.63, 3.8) is 0 Å². The van der Waals surface area contributed by atoms with E-state index < -0.39 is 0 Å². The average molecular weight is 449 g/mol. The third kappa shape index (κ3) is 5.44. The summed E-state index contributed by atoms with van der Waals surface area (Å²) in [4.78, 5) is 17.5. The maximum atomic E-state index is 13.1. The lowest BCUT2D eigenvalue weighted by Crippen LogP contribution is -2.47. The Bertz CT molecular complexity index is 752. The molecule has 5 nitrogen and oxygen atoms in total. The number of nitrogens with zero attached hydrogens (tertiary/aromatic N) is 2.